The summed E-state index contributed by atoms with van der Waals surface area (Å²) < 4.78 is 1.82. The minimum absolute atomic E-state index is 0.131. The maximum absolute atomic E-state index is 13.1. The van der Waals surface area contributed by atoms with E-state index in [9.17, 15) is 14.7 Å². The summed E-state index contributed by atoms with van der Waals surface area (Å²) in [5.41, 5.74) is 3.69. The molecule has 0 unspecified atom stereocenters. The second-order valence-electron chi connectivity index (χ2n) is 7.28. The van der Waals surface area contributed by atoms with E-state index in [1.807, 2.05) is 42.1 Å². The van der Waals surface area contributed by atoms with Crippen LogP contribution in [0.25, 0.3) is 0 Å². The third-order valence-electron chi connectivity index (χ3n) is 5.72. The molecule has 0 saturated carbocycles. The van der Waals surface area contributed by atoms with E-state index in [-0.39, 0.29) is 18.4 Å². The van der Waals surface area contributed by atoms with Crippen LogP contribution in [0.3, 0.4) is 0 Å². The van der Waals surface area contributed by atoms with E-state index < -0.39 is 11.9 Å². The van der Waals surface area contributed by atoms with E-state index in [4.69, 9.17) is 0 Å². The molecule has 1 aliphatic carbocycles. The van der Waals surface area contributed by atoms with Gasteiger partial charge in [-0.15, -0.1) is 0 Å². The molecule has 4 rings (SSSR count). The molecule has 2 atom stereocenters. The quantitative estimate of drug-likeness (QED) is 0.918. The lowest BCUT2D eigenvalue weighted by atomic mass is 9.89. The molecule has 0 spiro atoms. The van der Waals surface area contributed by atoms with Crippen LogP contribution in [-0.2, 0) is 24.7 Å². The van der Waals surface area contributed by atoms with Gasteiger partial charge in [0.25, 0.3) is 5.91 Å². The molecular formula is C20H23N3O3. The molecule has 1 aromatic heterocycles. The van der Waals surface area contributed by atoms with Gasteiger partial charge >= 0.3 is 5.97 Å². The summed E-state index contributed by atoms with van der Waals surface area (Å²) in [5, 5.41) is 14.1. The first-order chi connectivity index (χ1) is 12.6. The van der Waals surface area contributed by atoms with Crippen molar-refractivity contribution >= 4 is 11.9 Å². The van der Waals surface area contributed by atoms with Gasteiger partial charge in [-0.25, -0.2) is 0 Å². The molecule has 6 nitrogen and oxygen atoms in total. The van der Waals surface area contributed by atoms with Crippen LogP contribution in [0.1, 0.15) is 46.1 Å². The molecule has 1 aliphatic heterocycles. The molecule has 1 aromatic carbocycles. The number of fused-ring (bicyclic) bond motifs is 1. The van der Waals surface area contributed by atoms with Crippen molar-refractivity contribution in [1.29, 1.82) is 0 Å². The fourth-order valence-electron chi connectivity index (χ4n) is 4.35. The van der Waals surface area contributed by atoms with Crippen LogP contribution in [-0.4, -0.2) is 44.8 Å². The Bertz CT molecular complexity index is 843. The van der Waals surface area contributed by atoms with Gasteiger partial charge in [0.2, 0.25) is 0 Å². The highest BCUT2D eigenvalue weighted by atomic mass is 16.4. The van der Waals surface area contributed by atoms with Gasteiger partial charge in [-0.2, -0.15) is 5.10 Å². The molecule has 2 heterocycles. The summed E-state index contributed by atoms with van der Waals surface area (Å²) in [5.74, 6) is -1.75. The number of hydrogen-bond donors (Lipinski definition) is 1. The number of rotatable bonds is 3. The molecule has 2 aromatic rings. The number of aryl methyl sites for hydroxylation is 1. The first-order valence-corrected chi connectivity index (χ1v) is 9.18. The lowest BCUT2D eigenvalue weighted by Crippen LogP contribution is -2.31. The molecule has 2 aliphatic rings. The number of hydrogen-bond acceptors (Lipinski definition) is 3. The van der Waals surface area contributed by atoms with E-state index in [1.54, 1.807) is 4.90 Å². The van der Waals surface area contributed by atoms with Crippen LogP contribution in [0.2, 0.25) is 0 Å². The van der Waals surface area contributed by atoms with Crippen molar-refractivity contribution in [3.8, 4) is 0 Å². The van der Waals surface area contributed by atoms with Crippen LogP contribution < -0.4 is 0 Å². The summed E-state index contributed by atoms with van der Waals surface area (Å²) in [6.45, 7) is 0.657. The highest BCUT2D eigenvalue weighted by Gasteiger charge is 2.41. The number of amides is 1. The topological polar surface area (TPSA) is 75.4 Å². The molecule has 6 heteroatoms. The zero-order valence-corrected chi connectivity index (χ0v) is 14.9. The number of likely N-dealkylation sites (tertiary alicyclic amines) is 1. The van der Waals surface area contributed by atoms with Crippen LogP contribution in [0.15, 0.2) is 30.3 Å². The Morgan fingerprint density at radius 3 is 2.58 bits per heavy atom. The molecule has 0 radical (unpaired) electrons. The summed E-state index contributed by atoms with van der Waals surface area (Å²) in [6.07, 6.45) is 4.03. The van der Waals surface area contributed by atoms with Crippen molar-refractivity contribution in [2.75, 3.05) is 13.1 Å². The van der Waals surface area contributed by atoms with Gasteiger partial charge < -0.3 is 10.0 Å². The number of aliphatic carboxylic acids is 1. The van der Waals surface area contributed by atoms with Crippen LogP contribution in [0.5, 0.6) is 0 Å². The summed E-state index contributed by atoms with van der Waals surface area (Å²) >= 11 is 0. The maximum atomic E-state index is 13.1. The number of carbonyl (C=O) groups excluding carboxylic acids is 1. The van der Waals surface area contributed by atoms with Crippen LogP contribution in [0.4, 0.5) is 0 Å². The molecule has 0 bridgehead atoms. The highest BCUT2D eigenvalue weighted by molar-refractivity contribution is 5.95. The molecule has 1 fully saturated rings. The largest absolute Gasteiger partial charge is 0.481 e. The molecular weight excluding hydrogens is 330 g/mol. The third-order valence-corrected chi connectivity index (χ3v) is 5.72. The number of nitrogens with zero attached hydrogens (tertiary/aromatic N) is 3. The second kappa shape index (κ2) is 6.59. The van der Waals surface area contributed by atoms with Crippen molar-refractivity contribution in [1.82, 2.24) is 14.7 Å². The highest BCUT2D eigenvalue weighted by Crippen LogP contribution is 2.34. The summed E-state index contributed by atoms with van der Waals surface area (Å²) in [6, 6.07) is 9.62. The van der Waals surface area contributed by atoms with Gasteiger partial charge in [0.15, 0.2) is 5.69 Å². The van der Waals surface area contributed by atoms with Crippen molar-refractivity contribution in [2.24, 2.45) is 13.0 Å². The Labute approximate surface area is 152 Å². The predicted octanol–water partition coefficient (Wildman–Crippen LogP) is 2.24. The van der Waals surface area contributed by atoms with E-state index in [0.717, 1.165) is 42.5 Å². The fourth-order valence-corrected chi connectivity index (χ4v) is 4.35. The van der Waals surface area contributed by atoms with E-state index in [1.165, 1.54) is 0 Å². The van der Waals surface area contributed by atoms with Gasteiger partial charge in [0.1, 0.15) is 0 Å². The fraction of sp³-hybridized carbons (Fsp3) is 0.450. The van der Waals surface area contributed by atoms with Crippen LogP contribution in [0, 0.1) is 5.92 Å². The van der Waals surface area contributed by atoms with E-state index in [0.29, 0.717) is 12.2 Å². The molecule has 1 saturated heterocycles. The van der Waals surface area contributed by atoms with Gasteiger partial charge in [0.05, 0.1) is 5.92 Å². The molecule has 26 heavy (non-hydrogen) atoms. The van der Waals surface area contributed by atoms with Gasteiger partial charge in [-0.3, -0.25) is 14.3 Å². The Kier molecular flexibility index (Phi) is 4.26. The normalized spacial score (nSPS) is 22.3. The average molecular weight is 353 g/mol. The molecule has 1 N–H and O–H groups in total. The minimum atomic E-state index is -0.850. The lowest BCUT2D eigenvalue weighted by Gasteiger charge is -2.17. The number of aromatic nitrogens is 2. The lowest BCUT2D eigenvalue weighted by molar-refractivity contribution is -0.141. The van der Waals surface area contributed by atoms with Gasteiger partial charge in [-0.1, -0.05) is 30.3 Å². The minimum Gasteiger partial charge on any atom is -0.481 e. The smallest absolute Gasteiger partial charge is 0.308 e. The number of benzene rings is 1. The monoisotopic (exact) mass is 353 g/mol. The first-order valence-electron chi connectivity index (χ1n) is 9.18. The number of carboxylic acids is 1. The first kappa shape index (κ1) is 16.8. The predicted molar refractivity (Wildman–Crippen MR) is 96.1 cm³/mol. The van der Waals surface area contributed by atoms with Gasteiger partial charge in [0, 0.05) is 37.3 Å². The van der Waals surface area contributed by atoms with Gasteiger partial charge in [-0.05, 0) is 31.2 Å². The average Bonchev–Trinajstić information content (AvgIpc) is 3.25. The zero-order chi connectivity index (χ0) is 18.3. The Morgan fingerprint density at radius 1 is 1.12 bits per heavy atom. The zero-order valence-electron chi connectivity index (χ0n) is 14.9. The third kappa shape index (κ3) is 2.79. The summed E-state index contributed by atoms with van der Waals surface area (Å²) in [4.78, 5) is 26.6. The standard InChI is InChI=1S/C20H23N3O3/c1-22-17-10-6-5-9-14(17)18(21-22)19(24)23-11-15(16(12-23)20(25)26)13-7-3-2-4-8-13/h2-4,7-8,15-16H,5-6,9-12H2,1H3,(H,25,26)/t15-,16+/m0/s1. The Hall–Kier alpha value is -2.63. The molecule has 136 valence electrons. The maximum Gasteiger partial charge on any atom is 0.308 e. The SMILES string of the molecule is Cn1nc(C(=O)N2C[C@@H](C(=O)O)[C@H](c3ccccc3)C2)c2c1CCCC2. The summed E-state index contributed by atoms with van der Waals surface area (Å²) in [7, 11) is 1.89. The second-order valence-corrected chi connectivity index (χ2v) is 7.28. The Morgan fingerprint density at radius 2 is 1.85 bits per heavy atom. The van der Waals surface area contributed by atoms with Crippen molar-refractivity contribution in [3.05, 3.63) is 52.8 Å². The number of carbonyl (C=O) groups is 2. The molecule has 1 amide bonds. The van der Waals surface area contributed by atoms with Crippen molar-refractivity contribution < 1.29 is 14.7 Å². The van der Waals surface area contributed by atoms with Crippen molar-refractivity contribution in [3.63, 3.8) is 0 Å². The van der Waals surface area contributed by atoms with Crippen molar-refractivity contribution in [2.45, 2.75) is 31.6 Å². The van der Waals surface area contributed by atoms with E-state index in [2.05, 4.69) is 5.10 Å². The van der Waals surface area contributed by atoms with Crippen LogP contribution >= 0.6 is 0 Å². The Balaban J connectivity index is 1.63. The van der Waals surface area contributed by atoms with E-state index >= 15 is 0 Å². The number of carboxylic acid groups (broad SMARTS) is 1.